The first-order valence-corrected chi connectivity index (χ1v) is 4.77. The standard InChI is InChI=1S/C6H5BrN2OS.ClH/c7-6-9-3-1-8-2-4(10)5(3)11-6;/h8H,1-2H2;1H. The molecule has 2 heterocycles. The van der Waals surface area contributed by atoms with E-state index in [-0.39, 0.29) is 18.2 Å². The molecule has 0 radical (unpaired) electrons. The molecule has 12 heavy (non-hydrogen) atoms. The van der Waals surface area contributed by atoms with E-state index in [4.69, 9.17) is 0 Å². The van der Waals surface area contributed by atoms with Crippen molar-refractivity contribution in [2.75, 3.05) is 6.54 Å². The summed E-state index contributed by atoms with van der Waals surface area (Å²) in [7, 11) is 0. The van der Waals surface area contributed by atoms with E-state index in [2.05, 4.69) is 26.2 Å². The number of hydrogen-bond donors (Lipinski definition) is 1. The van der Waals surface area contributed by atoms with Gasteiger partial charge in [0.15, 0.2) is 9.70 Å². The summed E-state index contributed by atoms with van der Waals surface area (Å²) in [4.78, 5) is 16.1. The minimum absolute atomic E-state index is 0. The lowest BCUT2D eigenvalue weighted by Crippen LogP contribution is -2.28. The zero-order chi connectivity index (χ0) is 7.84. The van der Waals surface area contributed by atoms with Crippen molar-refractivity contribution in [2.24, 2.45) is 0 Å². The zero-order valence-corrected chi connectivity index (χ0v) is 9.18. The van der Waals surface area contributed by atoms with Crippen molar-refractivity contribution in [2.45, 2.75) is 6.54 Å². The molecule has 66 valence electrons. The highest BCUT2D eigenvalue weighted by molar-refractivity contribution is 9.11. The molecule has 6 heteroatoms. The Morgan fingerprint density at radius 2 is 2.25 bits per heavy atom. The van der Waals surface area contributed by atoms with Crippen LogP contribution in [0.4, 0.5) is 0 Å². The average molecular weight is 270 g/mol. The summed E-state index contributed by atoms with van der Waals surface area (Å²) in [6.07, 6.45) is 0. The third-order valence-corrected chi connectivity index (χ3v) is 3.09. The maximum absolute atomic E-state index is 11.2. The molecule has 3 nitrogen and oxygen atoms in total. The van der Waals surface area contributed by atoms with Gasteiger partial charge in [0.1, 0.15) is 0 Å². The first-order chi connectivity index (χ1) is 5.27. The Labute approximate surface area is 88.1 Å². The molecule has 1 aromatic heterocycles. The molecule has 0 aromatic carbocycles. The van der Waals surface area contributed by atoms with Crippen LogP contribution in [-0.2, 0) is 6.54 Å². The van der Waals surface area contributed by atoms with E-state index in [1.807, 2.05) is 0 Å². The number of Topliss-reactive ketones (excluding diaryl/α,β-unsaturated/α-hetero) is 1. The van der Waals surface area contributed by atoms with Crippen LogP contribution in [0.25, 0.3) is 0 Å². The van der Waals surface area contributed by atoms with Crippen molar-refractivity contribution in [1.82, 2.24) is 10.3 Å². The van der Waals surface area contributed by atoms with E-state index in [1.165, 1.54) is 11.3 Å². The van der Waals surface area contributed by atoms with Crippen LogP contribution in [0.15, 0.2) is 3.92 Å². The average Bonchev–Trinajstić information content (AvgIpc) is 2.31. The van der Waals surface area contributed by atoms with Gasteiger partial charge >= 0.3 is 0 Å². The molecule has 0 bridgehead atoms. The molecule has 0 fully saturated rings. The largest absolute Gasteiger partial charge is 0.304 e. The van der Waals surface area contributed by atoms with E-state index < -0.39 is 0 Å². The lowest BCUT2D eigenvalue weighted by atomic mass is 10.2. The molecule has 0 atom stereocenters. The van der Waals surface area contributed by atoms with Gasteiger partial charge in [-0.15, -0.1) is 23.7 Å². The molecule has 0 unspecified atom stereocenters. The Balaban J connectivity index is 0.000000720. The number of ketones is 1. The second-order valence-electron chi connectivity index (χ2n) is 2.27. The van der Waals surface area contributed by atoms with Crippen molar-refractivity contribution in [3.8, 4) is 0 Å². The highest BCUT2D eigenvalue weighted by Crippen LogP contribution is 2.25. The second-order valence-corrected chi connectivity index (χ2v) is 4.54. The third kappa shape index (κ3) is 1.69. The maximum Gasteiger partial charge on any atom is 0.188 e. The lowest BCUT2D eigenvalue weighted by molar-refractivity contribution is 0.0986. The molecule has 1 aliphatic heterocycles. The van der Waals surface area contributed by atoms with Crippen molar-refractivity contribution < 1.29 is 4.79 Å². The number of carbonyl (C=O) groups is 1. The Morgan fingerprint density at radius 1 is 1.50 bits per heavy atom. The molecule has 0 spiro atoms. The Hall–Kier alpha value is 0.0300. The molecule has 1 aromatic rings. The number of thiazole rings is 1. The fourth-order valence-corrected chi connectivity index (χ4v) is 2.48. The summed E-state index contributed by atoms with van der Waals surface area (Å²) < 4.78 is 0.791. The fourth-order valence-electron chi connectivity index (χ4n) is 1.04. The smallest absolute Gasteiger partial charge is 0.188 e. The molecule has 1 N–H and O–H groups in total. The van der Waals surface area contributed by atoms with Crippen LogP contribution in [0.3, 0.4) is 0 Å². The Kier molecular flexibility index (Phi) is 3.22. The maximum atomic E-state index is 11.2. The van der Waals surface area contributed by atoms with Gasteiger partial charge in [-0.2, -0.15) is 0 Å². The summed E-state index contributed by atoms with van der Waals surface area (Å²) in [5, 5.41) is 2.98. The van der Waals surface area contributed by atoms with Crippen molar-refractivity contribution in [3.63, 3.8) is 0 Å². The first-order valence-electron chi connectivity index (χ1n) is 3.16. The van der Waals surface area contributed by atoms with E-state index in [0.29, 0.717) is 13.1 Å². The molecule has 1 aliphatic rings. The van der Waals surface area contributed by atoms with Crippen LogP contribution in [0, 0.1) is 0 Å². The molecule has 0 aliphatic carbocycles. The number of halogens is 2. The second kappa shape index (κ2) is 3.83. The van der Waals surface area contributed by atoms with Crippen LogP contribution in [0.5, 0.6) is 0 Å². The summed E-state index contributed by atoms with van der Waals surface area (Å²) >= 11 is 4.66. The van der Waals surface area contributed by atoms with Crippen LogP contribution in [0.1, 0.15) is 15.4 Å². The van der Waals surface area contributed by atoms with Gasteiger partial charge in [-0.1, -0.05) is 0 Å². The molecule has 0 saturated carbocycles. The monoisotopic (exact) mass is 268 g/mol. The Morgan fingerprint density at radius 3 is 2.92 bits per heavy atom. The van der Waals surface area contributed by atoms with E-state index in [0.717, 1.165) is 14.5 Å². The number of hydrogen-bond acceptors (Lipinski definition) is 4. The van der Waals surface area contributed by atoms with Gasteiger partial charge in [-0.05, 0) is 15.9 Å². The summed E-state index contributed by atoms with van der Waals surface area (Å²) in [6, 6.07) is 0. The number of nitrogens with one attached hydrogen (secondary N) is 1. The van der Waals surface area contributed by atoms with Gasteiger partial charge in [0.25, 0.3) is 0 Å². The van der Waals surface area contributed by atoms with Crippen LogP contribution >= 0.6 is 39.7 Å². The van der Waals surface area contributed by atoms with E-state index >= 15 is 0 Å². The number of carbonyl (C=O) groups excluding carboxylic acids is 1. The van der Waals surface area contributed by atoms with Crippen LogP contribution in [-0.4, -0.2) is 17.3 Å². The minimum Gasteiger partial charge on any atom is -0.304 e. The van der Waals surface area contributed by atoms with Gasteiger partial charge in [-0.3, -0.25) is 4.79 Å². The summed E-state index contributed by atoms with van der Waals surface area (Å²) in [5.74, 6) is 0.148. The van der Waals surface area contributed by atoms with E-state index in [9.17, 15) is 4.79 Å². The highest BCUT2D eigenvalue weighted by Gasteiger charge is 2.20. The Bertz CT molecular complexity index is 314. The predicted molar refractivity (Wildman–Crippen MR) is 53.1 cm³/mol. The van der Waals surface area contributed by atoms with Crippen LogP contribution in [0.2, 0.25) is 0 Å². The number of nitrogens with zero attached hydrogens (tertiary/aromatic N) is 1. The number of fused-ring (bicyclic) bond motifs is 1. The quantitative estimate of drug-likeness (QED) is 0.778. The first kappa shape index (κ1) is 10.1. The van der Waals surface area contributed by atoms with Gasteiger partial charge in [-0.25, -0.2) is 4.98 Å². The SMILES string of the molecule is Cl.O=C1CNCc2nc(Br)sc21. The van der Waals surface area contributed by atoms with Gasteiger partial charge in [0.05, 0.1) is 17.1 Å². The molecule has 2 rings (SSSR count). The molecular weight excluding hydrogens is 264 g/mol. The summed E-state index contributed by atoms with van der Waals surface area (Å²) in [5.41, 5.74) is 0.873. The lowest BCUT2D eigenvalue weighted by Gasteiger charge is -2.08. The van der Waals surface area contributed by atoms with Crippen molar-refractivity contribution in [1.29, 1.82) is 0 Å². The molecule has 0 saturated heterocycles. The summed E-state index contributed by atoms with van der Waals surface area (Å²) in [6.45, 7) is 1.16. The van der Waals surface area contributed by atoms with E-state index in [1.54, 1.807) is 0 Å². The van der Waals surface area contributed by atoms with Crippen molar-refractivity contribution >= 4 is 45.5 Å². The van der Waals surface area contributed by atoms with Gasteiger partial charge in [0, 0.05) is 6.54 Å². The minimum atomic E-state index is 0. The predicted octanol–water partition coefficient (Wildman–Crippen LogP) is 1.61. The normalized spacial score (nSPS) is 15.2. The molecular formula is C6H6BrClN2OS. The van der Waals surface area contributed by atoms with Crippen LogP contribution < -0.4 is 5.32 Å². The zero-order valence-electron chi connectivity index (χ0n) is 5.96. The fraction of sp³-hybridized carbons (Fsp3) is 0.333. The number of rotatable bonds is 0. The van der Waals surface area contributed by atoms with Gasteiger partial charge < -0.3 is 5.32 Å². The molecule has 0 amide bonds. The topological polar surface area (TPSA) is 42.0 Å². The van der Waals surface area contributed by atoms with Gasteiger partial charge in [0.2, 0.25) is 0 Å². The number of aromatic nitrogens is 1. The third-order valence-electron chi connectivity index (χ3n) is 1.50. The highest BCUT2D eigenvalue weighted by atomic mass is 79.9. The van der Waals surface area contributed by atoms with Crippen molar-refractivity contribution in [3.05, 3.63) is 14.5 Å².